The highest BCUT2D eigenvalue weighted by molar-refractivity contribution is 7.99. The summed E-state index contributed by atoms with van der Waals surface area (Å²) in [5.74, 6) is 1.92. The van der Waals surface area contributed by atoms with Gasteiger partial charge >= 0.3 is 0 Å². The van der Waals surface area contributed by atoms with E-state index in [1.54, 1.807) is 0 Å². The van der Waals surface area contributed by atoms with E-state index in [2.05, 4.69) is 94.7 Å². The minimum absolute atomic E-state index is 0.903. The molecular weight excluding hydrogens is 358 g/mol. The van der Waals surface area contributed by atoms with E-state index < -0.39 is 0 Å². The first-order chi connectivity index (χ1) is 13.4. The van der Waals surface area contributed by atoms with Crippen molar-refractivity contribution in [3.63, 3.8) is 0 Å². The highest BCUT2D eigenvalue weighted by Crippen LogP contribution is 2.24. The van der Waals surface area contributed by atoms with Crippen molar-refractivity contribution >= 4 is 23.0 Å². The van der Waals surface area contributed by atoms with Gasteiger partial charge in [0.05, 0.1) is 0 Å². The van der Waals surface area contributed by atoms with Gasteiger partial charge in [0.15, 0.2) is 0 Å². The van der Waals surface area contributed by atoms with Gasteiger partial charge in [0.1, 0.15) is 0 Å². The lowest BCUT2D eigenvalue weighted by Crippen LogP contribution is -2.02. The van der Waals surface area contributed by atoms with Gasteiger partial charge in [0.25, 0.3) is 0 Å². The standard InChI is InChI=1S/C26H33NS/c1-7-24-9-8-10-26(16-24)27-23(6)18-28-17-22(5)20(3)15-21(4)25-13-11-19(2)12-14-25/h8-14,16,27H,4,6-7,15,17-18H2,1-3,5H3/b22-20+. The van der Waals surface area contributed by atoms with Gasteiger partial charge < -0.3 is 5.32 Å². The number of rotatable bonds is 10. The van der Waals surface area contributed by atoms with Gasteiger partial charge in [-0.05, 0) is 62.4 Å². The van der Waals surface area contributed by atoms with Crippen LogP contribution in [0.1, 0.15) is 43.9 Å². The summed E-state index contributed by atoms with van der Waals surface area (Å²) in [5.41, 5.74) is 10.1. The lowest BCUT2D eigenvalue weighted by molar-refractivity contribution is 1.14. The van der Waals surface area contributed by atoms with Gasteiger partial charge in [-0.25, -0.2) is 0 Å². The lowest BCUT2D eigenvalue weighted by atomic mass is 9.97. The van der Waals surface area contributed by atoms with E-state index >= 15 is 0 Å². The molecule has 2 heteroatoms. The average molecular weight is 392 g/mol. The Morgan fingerprint density at radius 3 is 2.36 bits per heavy atom. The van der Waals surface area contributed by atoms with Crippen molar-refractivity contribution < 1.29 is 0 Å². The van der Waals surface area contributed by atoms with Crippen molar-refractivity contribution in [1.82, 2.24) is 0 Å². The number of thioether (sulfide) groups is 1. The van der Waals surface area contributed by atoms with Crippen molar-refractivity contribution in [2.75, 3.05) is 16.8 Å². The molecule has 0 amide bonds. The molecule has 0 atom stereocenters. The van der Waals surface area contributed by atoms with Crippen LogP contribution in [0.3, 0.4) is 0 Å². The summed E-state index contributed by atoms with van der Waals surface area (Å²) in [5, 5.41) is 3.43. The minimum atomic E-state index is 0.903. The van der Waals surface area contributed by atoms with Crippen molar-refractivity contribution in [3.8, 4) is 0 Å². The second-order valence-electron chi connectivity index (χ2n) is 7.48. The van der Waals surface area contributed by atoms with Gasteiger partial charge in [0.2, 0.25) is 0 Å². The maximum atomic E-state index is 4.28. The zero-order valence-electron chi connectivity index (χ0n) is 17.8. The summed E-state index contributed by atoms with van der Waals surface area (Å²) < 4.78 is 0. The van der Waals surface area contributed by atoms with Crippen LogP contribution >= 0.6 is 11.8 Å². The van der Waals surface area contributed by atoms with E-state index in [0.717, 1.165) is 35.7 Å². The summed E-state index contributed by atoms with van der Waals surface area (Å²) >= 11 is 1.90. The number of anilines is 1. The van der Waals surface area contributed by atoms with Crippen LogP contribution in [-0.4, -0.2) is 11.5 Å². The summed E-state index contributed by atoms with van der Waals surface area (Å²) in [4.78, 5) is 0. The molecule has 2 aromatic rings. The molecule has 0 fully saturated rings. The van der Waals surface area contributed by atoms with Gasteiger partial charge in [-0.3, -0.25) is 0 Å². The molecule has 0 aliphatic carbocycles. The lowest BCUT2D eigenvalue weighted by Gasteiger charge is -2.13. The predicted octanol–water partition coefficient (Wildman–Crippen LogP) is 7.66. The Bertz CT molecular complexity index is 843. The number of nitrogens with one attached hydrogen (secondary N) is 1. The molecule has 0 saturated heterocycles. The van der Waals surface area contributed by atoms with Crippen molar-refractivity contribution in [1.29, 1.82) is 0 Å². The molecule has 0 spiro atoms. The van der Waals surface area contributed by atoms with Crippen LogP contribution in [0.25, 0.3) is 5.57 Å². The maximum Gasteiger partial charge on any atom is 0.0384 e. The number of hydrogen-bond donors (Lipinski definition) is 1. The largest absolute Gasteiger partial charge is 0.359 e. The molecule has 0 unspecified atom stereocenters. The third-order valence-corrected chi connectivity index (χ3v) is 6.11. The maximum absolute atomic E-state index is 4.28. The molecule has 0 aromatic heterocycles. The number of hydrogen-bond acceptors (Lipinski definition) is 2. The molecule has 148 valence electrons. The highest BCUT2D eigenvalue weighted by Gasteiger charge is 2.04. The molecule has 0 aliphatic rings. The summed E-state index contributed by atoms with van der Waals surface area (Å²) in [6, 6.07) is 17.2. The number of aryl methyl sites for hydroxylation is 2. The Labute approximate surface area is 175 Å². The van der Waals surface area contributed by atoms with E-state index in [1.165, 1.54) is 33.4 Å². The molecule has 1 N–H and O–H groups in total. The van der Waals surface area contributed by atoms with E-state index in [4.69, 9.17) is 0 Å². The first-order valence-corrected chi connectivity index (χ1v) is 11.1. The van der Waals surface area contributed by atoms with Crippen LogP contribution in [0.2, 0.25) is 0 Å². The van der Waals surface area contributed by atoms with Crippen LogP contribution in [0.5, 0.6) is 0 Å². The normalized spacial score (nSPS) is 11.7. The van der Waals surface area contributed by atoms with Crippen molar-refractivity contribution in [2.24, 2.45) is 0 Å². The average Bonchev–Trinajstić information content (AvgIpc) is 2.68. The molecule has 0 saturated carbocycles. The monoisotopic (exact) mass is 391 g/mol. The highest BCUT2D eigenvalue weighted by atomic mass is 32.2. The fraction of sp³-hybridized carbons (Fsp3) is 0.308. The molecule has 2 aromatic carbocycles. The Kier molecular flexibility index (Phi) is 8.66. The van der Waals surface area contributed by atoms with Crippen LogP contribution in [0.4, 0.5) is 5.69 Å². The third kappa shape index (κ3) is 7.09. The van der Waals surface area contributed by atoms with Gasteiger partial charge in [0, 0.05) is 22.9 Å². The molecule has 0 aliphatic heterocycles. The Morgan fingerprint density at radius 2 is 1.68 bits per heavy atom. The first-order valence-electron chi connectivity index (χ1n) is 9.90. The first kappa shape index (κ1) is 22.1. The van der Waals surface area contributed by atoms with Gasteiger partial charge in [-0.2, -0.15) is 11.8 Å². The van der Waals surface area contributed by atoms with E-state index in [9.17, 15) is 0 Å². The van der Waals surface area contributed by atoms with Crippen LogP contribution < -0.4 is 5.32 Å². The van der Waals surface area contributed by atoms with E-state index in [0.29, 0.717) is 0 Å². The van der Waals surface area contributed by atoms with Gasteiger partial charge in [-0.1, -0.05) is 73.2 Å². The SMILES string of the molecule is C=C(CSC/C(C)=C(\C)CC(=C)c1ccc(C)cc1)Nc1cccc(CC)c1. The second kappa shape index (κ2) is 11.0. The quantitative estimate of drug-likeness (QED) is 0.417. The summed E-state index contributed by atoms with van der Waals surface area (Å²) in [7, 11) is 0. The fourth-order valence-corrected chi connectivity index (χ4v) is 3.90. The second-order valence-corrected chi connectivity index (χ2v) is 8.47. The molecule has 0 heterocycles. The minimum Gasteiger partial charge on any atom is -0.359 e. The molecule has 2 rings (SSSR count). The Morgan fingerprint density at radius 1 is 0.964 bits per heavy atom. The molecule has 0 bridgehead atoms. The summed E-state index contributed by atoms with van der Waals surface area (Å²) in [6.45, 7) is 17.2. The smallest absolute Gasteiger partial charge is 0.0384 e. The van der Waals surface area contributed by atoms with Gasteiger partial charge in [-0.15, -0.1) is 0 Å². The predicted molar refractivity (Wildman–Crippen MR) is 129 cm³/mol. The fourth-order valence-electron chi connectivity index (χ4n) is 2.92. The summed E-state index contributed by atoms with van der Waals surface area (Å²) in [6.07, 6.45) is 1.98. The number of benzene rings is 2. The molecule has 1 nitrogen and oxygen atoms in total. The Hall–Kier alpha value is -2.19. The molecule has 28 heavy (non-hydrogen) atoms. The molecular formula is C26H33NS. The van der Waals surface area contributed by atoms with E-state index in [-0.39, 0.29) is 0 Å². The van der Waals surface area contributed by atoms with E-state index in [1.807, 2.05) is 11.8 Å². The Balaban J connectivity index is 1.81. The van der Waals surface area contributed by atoms with Crippen LogP contribution in [0, 0.1) is 6.92 Å². The third-order valence-electron chi connectivity index (χ3n) is 4.92. The topological polar surface area (TPSA) is 12.0 Å². The van der Waals surface area contributed by atoms with Crippen LogP contribution in [0.15, 0.2) is 78.5 Å². The zero-order valence-corrected chi connectivity index (χ0v) is 18.6. The number of allylic oxidation sites excluding steroid dienone is 2. The van der Waals surface area contributed by atoms with Crippen molar-refractivity contribution in [2.45, 2.75) is 40.5 Å². The zero-order chi connectivity index (χ0) is 20.5. The molecule has 0 radical (unpaired) electrons. The van der Waals surface area contributed by atoms with Crippen LogP contribution in [-0.2, 0) is 6.42 Å². The van der Waals surface area contributed by atoms with Crippen molar-refractivity contribution in [3.05, 3.63) is 95.2 Å².